The topological polar surface area (TPSA) is 127 Å². The number of hydrogen-bond donors (Lipinski definition) is 2. The first-order valence-corrected chi connectivity index (χ1v) is 10.6. The second kappa shape index (κ2) is 12.3. The number of ether oxygens (including phenoxy) is 2. The molecule has 0 radical (unpaired) electrons. The van der Waals surface area contributed by atoms with Gasteiger partial charge in [0, 0.05) is 0 Å². The Hall–Kier alpha value is -5.24. The molecule has 36 heavy (non-hydrogen) atoms. The minimum Gasteiger partial charge on any atom is -0.478 e. The Labute approximate surface area is 206 Å². The number of hydrogen-bond acceptors (Lipinski definition) is 6. The molecule has 4 rings (SSSR count). The van der Waals surface area contributed by atoms with E-state index in [1.54, 1.807) is 60.7 Å². The maximum Gasteiger partial charge on any atom is 0.344 e. The van der Waals surface area contributed by atoms with E-state index in [4.69, 9.17) is 19.7 Å². The molecule has 4 aromatic rings. The molecule has 0 aromatic heterocycles. The zero-order valence-electron chi connectivity index (χ0n) is 18.7. The molecule has 0 bridgehead atoms. The molecule has 2 N–H and O–H groups in total. The first-order valence-electron chi connectivity index (χ1n) is 10.6. The summed E-state index contributed by atoms with van der Waals surface area (Å²) in [5, 5.41) is 17.0. The maximum atomic E-state index is 12.4. The minimum absolute atomic E-state index is 0.0186. The monoisotopic (exact) mass is 484 g/mol. The van der Waals surface area contributed by atoms with Crippen LogP contribution in [0.4, 0.5) is 0 Å². The zero-order chi connectivity index (χ0) is 25.9. The average Bonchev–Trinajstić information content (AvgIpc) is 2.90. The van der Waals surface area contributed by atoms with E-state index in [9.17, 15) is 19.2 Å². The van der Waals surface area contributed by atoms with Crippen LogP contribution in [0.15, 0.2) is 109 Å². The highest BCUT2D eigenvalue weighted by Gasteiger charge is 2.20. The van der Waals surface area contributed by atoms with Gasteiger partial charge in [-0.1, -0.05) is 54.6 Å². The molecule has 0 atom stereocenters. The van der Waals surface area contributed by atoms with E-state index in [1.165, 1.54) is 30.3 Å². The number of aromatic carboxylic acids is 2. The van der Waals surface area contributed by atoms with Crippen LogP contribution in [0.25, 0.3) is 0 Å². The molecule has 0 amide bonds. The third-order valence-electron chi connectivity index (χ3n) is 4.63. The third kappa shape index (κ3) is 7.13. The van der Waals surface area contributed by atoms with Crippen LogP contribution in [0.1, 0.15) is 41.4 Å². The van der Waals surface area contributed by atoms with Crippen molar-refractivity contribution >= 4 is 23.9 Å². The van der Waals surface area contributed by atoms with Crippen molar-refractivity contribution in [1.82, 2.24) is 0 Å². The average molecular weight is 484 g/mol. The summed E-state index contributed by atoms with van der Waals surface area (Å²) in [5.41, 5.74) is 0.273. The number of benzene rings is 4. The quantitative estimate of drug-likeness (QED) is 0.282. The van der Waals surface area contributed by atoms with Crippen molar-refractivity contribution < 1.29 is 38.9 Å². The molecule has 0 aliphatic rings. The summed E-state index contributed by atoms with van der Waals surface area (Å²) >= 11 is 0. The van der Waals surface area contributed by atoms with Crippen molar-refractivity contribution in [1.29, 1.82) is 0 Å². The molecule has 0 spiro atoms. The van der Waals surface area contributed by atoms with Crippen LogP contribution in [-0.4, -0.2) is 34.1 Å². The lowest BCUT2D eigenvalue weighted by molar-refractivity contribution is 0.0692. The predicted octanol–water partition coefficient (Wildman–Crippen LogP) is 5.21. The molecule has 0 saturated carbocycles. The molecule has 0 aliphatic heterocycles. The van der Waals surface area contributed by atoms with Crippen LogP contribution < -0.4 is 9.47 Å². The Morgan fingerprint density at radius 3 is 1.19 bits per heavy atom. The second-order valence-corrected chi connectivity index (χ2v) is 7.14. The Balaban J connectivity index is 0.000000253. The van der Waals surface area contributed by atoms with Gasteiger partial charge in [0.2, 0.25) is 0 Å². The summed E-state index contributed by atoms with van der Waals surface area (Å²) in [6, 6.07) is 29.0. The fraction of sp³-hybridized carbons (Fsp3) is 0. The Morgan fingerprint density at radius 2 is 0.833 bits per heavy atom. The third-order valence-corrected chi connectivity index (χ3v) is 4.63. The zero-order valence-corrected chi connectivity index (χ0v) is 18.7. The van der Waals surface area contributed by atoms with Crippen LogP contribution in [0, 0.1) is 0 Å². The number of carboxylic acid groups (broad SMARTS) is 2. The lowest BCUT2D eigenvalue weighted by Crippen LogP contribution is -2.17. The van der Waals surface area contributed by atoms with Gasteiger partial charge in [-0.3, -0.25) is 0 Å². The molecule has 0 saturated heterocycles. The van der Waals surface area contributed by atoms with Gasteiger partial charge in [0.1, 0.15) is 11.5 Å². The van der Waals surface area contributed by atoms with E-state index < -0.39 is 23.9 Å². The van der Waals surface area contributed by atoms with Gasteiger partial charge in [-0.2, -0.15) is 0 Å². The molecule has 0 fully saturated rings. The van der Waals surface area contributed by atoms with E-state index in [0.717, 1.165) is 6.07 Å². The maximum absolute atomic E-state index is 12.4. The van der Waals surface area contributed by atoms with E-state index >= 15 is 0 Å². The Morgan fingerprint density at radius 1 is 0.472 bits per heavy atom. The second-order valence-electron chi connectivity index (χ2n) is 7.14. The van der Waals surface area contributed by atoms with Gasteiger partial charge in [0.05, 0.1) is 22.3 Å². The summed E-state index contributed by atoms with van der Waals surface area (Å²) in [5.74, 6) is -2.65. The number of carbonyl (C=O) groups excluding carboxylic acids is 2. The highest BCUT2D eigenvalue weighted by atomic mass is 16.5. The van der Waals surface area contributed by atoms with Gasteiger partial charge in [0.15, 0.2) is 0 Å². The summed E-state index contributed by atoms with van der Waals surface area (Å²) in [6.45, 7) is 0. The first-order chi connectivity index (χ1) is 17.3. The summed E-state index contributed by atoms with van der Waals surface area (Å²) in [7, 11) is 0. The largest absolute Gasteiger partial charge is 0.478 e. The Kier molecular flexibility index (Phi) is 8.66. The van der Waals surface area contributed by atoms with Crippen LogP contribution >= 0.6 is 0 Å². The molecular formula is C28H20O8. The molecule has 4 aromatic carbocycles. The van der Waals surface area contributed by atoms with Gasteiger partial charge in [-0.25, -0.2) is 19.2 Å². The fourth-order valence-corrected chi connectivity index (χ4v) is 2.93. The standard InChI is InChI=1S/C20H14O4.C8H6O4/c21-19(23-15-9-3-1-4-10-15)17-13-7-8-14-18(17)20(22)24-16-11-5-2-6-12-16;9-7(10)5-2-1-3-6(4-5)8(11)12/h1-14H;1-4H,(H,9,10)(H,11,12). The molecule has 0 unspecified atom stereocenters. The van der Waals surface area contributed by atoms with Crippen LogP contribution in [0.5, 0.6) is 11.5 Å². The first kappa shape index (κ1) is 25.4. The summed E-state index contributed by atoms with van der Waals surface area (Å²) in [6.07, 6.45) is 0. The molecule has 0 heterocycles. The van der Waals surface area contributed by atoms with Crippen molar-refractivity contribution in [3.8, 4) is 11.5 Å². The van der Waals surface area contributed by atoms with E-state index in [-0.39, 0.29) is 22.3 Å². The van der Waals surface area contributed by atoms with Crippen LogP contribution in [0.3, 0.4) is 0 Å². The van der Waals surface area contributed by atoms with E-state index in [1.807, 2.05) is 12.1 Å². The van der Waals surface area contributed by atoms with Crippen LogP contribution in [0.2, 0.25) is 0 Å². The van der Waals surface area contributed by atoms with Crippen molar-refractivity contribution in [2.75, 3.05) is 0 Å². The Bertz CT molecular complexity index is 1260. The van der Waals surface area contributed by atoms with Crippen molar-refractivity contribution in [2.45, 2.75) is 0 Å². The normalized spacial score (nSPS) is 9.78. The van der Waals surface area contributed by atoms with Crippen LogP contribution in [-0.2, 0) is 0 Å². The van der Waals surface area contributed by atoms with E-state index in [2.05, 4.69) is 0 Å². The van der Waals surface area contributed by atoms with Crippen molar-refractivity contribution in [3.63, 3.8) is 0 Å². The lowest BCUT2D eigenvalue weighted by atomic mass is 10.1. The van der Waals surface area contributed by atoms with Gasteiger partial charge < -0.3 is 19.7 Å². The smallest absolute Gasteiger partial charge is 0.344 e. The lowest BCUT2D eigenvalue weighted by Gasteiger charge is -2.09. The molecule has 180 valence electrons. The highest BCUT2D eigenvalue weighted by molar-refractivity contribution is 6.04. The summed E-state index contributed by atoms with van der Waals surface area (Å²) in [4.78, 5) is 45.5. The number of carbonyl (C=O) groups is 4. The van der Waals surface area contributed by atoms with E-state index in [0.29, 0.717) is 11.5 Å². The fourth-order valence-electron chi connectivity index (χ4n) is 2.93. The molecule has 8 nitrogen and oxygen atoms in total. The van der Waals surface area contributed by atoms with Gasteiger partial charge in [-0.15, -0.1) is 0 Å². The summed E-state index contributed by atoms with van der Waals surface area (Å²) < 4.78 is 10.6. The molecule has 0 aliphatic carbocycles. The number of carboxylic acids is 2. The minimum atomic E-state index is -1.13. The van der Waals surface area contributed by atoms with Gasteiger partial charge in [0.25, 0.3) is 0 Å². The highest BCUT2D eigenvalue weighted by Crippen LogP contribution is 2.17. The molecule has 8 heteroatoms. The number of esters is 2. The van der Waals surface area contributed by atoms with Gasteiger partial charge >= 0.3 is 23.9 Å². The predicted molar refractivity (Wildman–Crippen MR) is 130 cm³/mol. The van der Waals surface area contributed by atoms with Crippen molar-refractivity contribution in [2.24, 2.45) is 0 Å². The number of rotatable bonds is 6. The van der Waals surface area contributed by atoms with Crippen molar-refractivity contribution in [3.05, 3.63) is 131 Å². The molecular weight excluding hydrogens is 464 g/mol. The SMILES string of the molecule is O=C(O)c1cccc(C(=O)O)c1.O=C(Oc1ccccc1)c1ccccc1C(=O)Oc1ccccc1. The van der Waals surface area contributed by atoms with Gasteiger partial charge in [-0.05, 0) is 54.6 Å². The number of para-hydroxylation sites is 2.